The zero-order valence-corrected chi connectivity index (χ0v) is 16.9. The average molecular weight is 426 g/mol. The van der Waals surface area contributed by atoms with E-state index >= 15 is 0 Å². The van der Waals surface area contributed by atoms with E-state index in [4.69, 9.17) is 9.84 Å². The van der Waals surface area contributed by atoms with Gasteiger partial charge in [0.2, 0.25) is 0 Å². The van der Waals surface area contributed by atoms with Gasteiger partial charge in [-0.1, -0.05) is 24.3 Å². The SMILES string of the molecule is OCCc1cc(CNCCCCOCCNc2ccccc2)cc(OC(F)(F)F)c1. The van der Waals surface area contributed by atoms with Crippen molar-refractivity contribution in [1.29, 1.82) is 0 Å². The van der Waals surface area contributed by atoms with Crippen molar-refractivity contribution in [3.05, 3.63) is 59.7 Å². The third-order valence-corrected chi connectivity index (χ3v) is 4.23. The summed E-state index contributed by atoms with van der Waals surface area (Å²) in [4.78, 5) is 0. The molecule has 0 saturated carbocycles. The van der Waals surface area contributed by atoms with Gasteiger partial charge in [0.25, 0.3) is 0 Å². The second-order valence-corrected chi connectivity index (χ2v) is 6.80. The molecule has 0 atom stereocenters. The normalized spacial score (nSPS) is 11.5. The predicted octanol–water partition coefficient (Wildman–Crippen LogP) is 4.12. The maximum absolute atomic E-state index is 12.5. The van der Waals surface area contributed by atoms with Gasteiger partial charge in [0.15, 0.2) is 0 Å². The molecule has 0 unspecified atom stereocenters. The molecule has 5 nitrogen and oxygen atoms in total. The molecule has 0 aliphatic carbocycles. The molecule has 0 spiro atoms. The summed E-state index contributed by atoms with van der Waals surface area (Å²) >= 11 is 0. The molecule has 30 heavy (non-hydrogen) atoms. The molecular weight excluding hydrogens is 397 g/mol. The van der Waals surface area contributed by atoms with Crippen LogP contribution in [0.5, 0.6) is 5.75 Å². The number of halogens is 3. The van der Waals surface area contributed by atoms with Crippen LogP contribution in [0.1, 0.15) is 24.0 Å². The fourth-order valence-corrected chi connectivity index (χ4v) is 2.91. The van der Waals surface area contributed by atoms with Gasteiger partial charge in [0, 0.05) is 32.0 Å². The first-order valence-corrected chi connectivity index (χ1v) is 10.0. The number of unbranched alkanes of at least 4 members (excludes halogenated alkanes) is 1. The predicted molar refractivity (Wildman–Crippen MR) is 111 cm³/mol. The Balaban J connectivity index is 1.59. The number of nitrogens with one attached hydrogen (secondary N) is 2. The number of alkyl halides is 3. The van der Waals surface area contributed by atoms with Crippen molar-refractivity contribution < 1.29 is 27.8 Å². The second kappa shape index (κ2) is 13.1. The summed E-state index contributed by atoms with van der Waals surface area (Å²) in [6.07, 6.45) is -2.67. The fraction of sp³-hybridized carbons (Fsp3) is 0.455. The van der Waals surface area contributed by atoms with Crippen LogP contribution in [0.25, 0.3) is 0 Å². The quantitative estimate of drug-likeness (QED) is 0.397. The van der Waals surface area contributed by atoms with Crippen LogP contribution in [0.15, 0.2) is 48.5 Å². The topological polar surface area (TPSA) is 62.8 Å². The van der Waals surface area contributed by atoms with E-state index in [0.717, 1.165) is 31.6 Å². The first-order valence-electron chi connectivity index (χ1n) is 10.0. The molecule has 166 valence electrons. The van der Waals surface area contributed by atoms with Crippen LogP contribution >= 0.6 is 0 Å². The zero-order chi connectivity index (χ0) is 21.7. The molecule has 8 heteroatoms. The maximum atomic E-state index is 12.5. The number of rotatable bonds is 14. The van der Waals surface area contributed by atoms with Gasteiger partial charge in [-0.3, -0.25) is 0 Å². The summed E-state index contributed by atoms with van der Waals surface area (Å²) in [5.41, 5.74) is 2.36. The lowest BCUT2D eigenvalue weighted by Crippen LogP contribution is -2.18. The van der Waals surface area contributed by atoms with Crippen LogP contribution < -0.4 is 15.4 Å². The maximum Gasteiger partial charge on any atom is 0.573 e. The van der Waals surface area contributed by atoms with Crippen molar-refractivity contribution in [1.82, 2.24) is 5.32 Å². The fourth-order valence-electron chi connectivity index (χ4n) is 2.91. The summed E-state index contributed by atoms with van der Waals surface area (Å²) in [5, 5.41) is 15.5. The van der Waals surface area contributed by atoms with Crippen molar-refractivity contribution in [3.63, 3.8) is 0 Å². The third kappa shape index (κ3) is 10.5. The number of benzene rings is 2. The van der Waals surface area contributed by atoms with Crippen LogP contribution in [-0.2, 0) is 17.7 Å². The summed E-state index contributed by atoms with van der Waals surface area (Å²) in [6, 6.07) is 14.4. The first kappa shape index (κ1) is 24.0. The molecule has 0 saturated heterocycles. The van der Waals surface area contributed by atoms with E-state index in [1.165, 1.54) is 12.1 Å². The van der Waals surface area contributed by atoms with Gasteiger partial charge >= 0.3 is 6.36 Å². The standard InChI is InChI=1S/C22H29F3N2O3/c23-22(24,25)30-21-15-18(8-11-28)14-19(16-21)17-26-9-4-5-12-29-13-10-27-20-6-2-1-3-7-20/h1-3,6-7,14-16,26-28H,4-5,8-13,17H2. The Morgan fingerprint density at radius 1 is 0.900 bits per heavy atom. The summed E-state index contributed by atoms with van der Waals surface area (Å²) in [5.74, 6) is -0.261. The molecule has 3 N–H and O–H groups in total. The highest BCUT2D eigenvalue weighted by atomic mass is 19.4. The van der Waals surface area contributed by atoms with Crippen molar-refractivity contribution >= 4 is 5.69 Å². The van der Waals surface area contributed by atoms with Gasteiger partial charge in [-0.2, -0.15) is 0 Å². The van der Waals surface area contributed by atoms with Gasteiger partial charge in [-0.25, -0.2) is 0 Å². The van der Waals surface area contributed by atoms with Gasteiger partial charge in [0.1, 0.15) is 5.75 Å². The van der Waals surface area contributed by atoms with Crippen molar-refractivity contribution in [2.75, 3.05) is 38.2 Å². The van der Waals surface area contributed by atoms with Crippen LogP contribution in [0.2, 0.25) is 0 Å². The molecule has 0 aliphatic heterocycles. The van der Waals surface area contributed by atoms with Gasteiger partial charge in [0.05, 0.1) is 6.61 Å². The van der Waals surface area contributed by atoms with E-state index < -0.39 is 6.36 Å². The summed E-state index contributed by atoms with van der Waals surface area (Å²) < 4.78 is 47.0. The number of aliphatic hydroxyl groups is 1. The van der Waals surface area contributed by atoms with Gasteiger partial charge in [-0.05, 0) is 61.2 Å². The minimum atomic E-state index is -4.74. The van der Waals surface area contributed by atoms with E-state index in [2.05, 4.69) is 15.4 Å². The molecule has 0 radical (unpaired) electrons. The highest BCUT2D eigenvalue weighted by molar-refractivity contribution is 5.42. The van der Waals surface area contributed by atoms with Crippen LogP contribution in [-0.4, -0.2) is 44.4 Å². The zero-order valence-electron chi connectivity index (χ0n) is 16.9. The Kier molecular flexibility index (Phi) is 10.5. The number of ether oxygens (including phenoxy) is 2. The second-order valence-electron chi connectivity index (χ2n) is 6.80. The number of para-hydroxylation sites is 1. The Morgan fingerprint density at radius 2 is 1.67 bits per heavy atom. The molecule has 0 aromatic heterocycles. The third-order valence-electron chi connectivity index (χ3n) is 4.23. The first-order chi connectivity index (χ1) is 14.5. The van der Waals surface area contributed by atoms with E-state index in [1.54, 1.807) is 6.07 Å². The van der Waals surface area contributed by atoms with E-state index in [9.17, 15) is 13.2 Å². The Morgan fingerprint density at radius 3 is 2.40 bits per heavy atom. The van der Waals surface area contributed by atoms with Crippen LogP contribution in [0.4, 0.5) is 18.9 Å². The Hall–Kier alpha value is -2.29. The largest absolute Gasteiger partial charge is 0.573 e. The highest BCUT2D eigenvalue weighted by Crippen LogP contribution is 2.25. The Bertz CT molecular complexity index is 727. The lowest BCUT2D eigenvalue weighted by Gasteiger charge is -2.13. The van der Waals surface area contributed by atoms with Crippen LogP contribution in [0, 0.1) is 0 Å². The van der Waals surface area contributed by atoms with Crippen molar-refractivity contribution in [2.24, 2.45) is 0 Å². The van der Waals surface area contributed by atoms with Gasteiger partial charge in [-0.15, -0.1) is 13.2 Å². The average Bonchev–Trinajstić information content (AvgIpc) is 2.69. The number of aliphatic hydroxyl groups excluding tert-OH is 1. The summed E-state index contributed by atoms with van der Waals surface area (Å²) in [7, 11) is 0. The number of anilines is 1. The molecule has 0 bridgehead atoms. The number of hydrogen-bond donors (Lipinski definition) is 3. The van der Waals surface area contributed by atoms with E-state index in [1.807, 2.05) is 30.3 Å². The molecule has 2 rings (SSSR count). The lowest BCUT2D eigenvalue weighted by atomic mass is 10.1. The highest BCUT2D eigenvalue weighted by Gasteiger charge is 2.31. The monoisotopic (exact) mass is 426 g/mol. The minimum absolute atomic E-state index is 0.136. The Labute approximate surface area is 175 Å². The molecule has 2 aromatic rings. The lowest BCUT2D eigenvalue weighted by molar-refractivity contribution is -0.274. The van der Waals surface area contributed by atoms with E-state index in [0.29, 0.717) is 30.9 Å². The van der Waals surface area contributed by atoms with Crippen molar-refractivity contribution in [2.45, 2.75) is 32.2 Å². The molecule has 0 fully saturated rings. The van der Waals surface area contributed by atoms with Crippen molar-refractivity contribution in [3.8, 4) is 5.75 Å². The molecule has 0 aliphatic rings. The smallest absolute Gasteiger partial charge is 0.406 e. The van der Waals surface area contributed by atoms with E-state index in [-0.39, 0.29) is 18.8 Å². The molecular formula is C22H29F3N2O3. The van der Waals surface area contributed by atoms with Crippen LogP contribution in [0.3, 0.4) is 0 Å². The number of hydrogen-bond acceptors (Lipinski definition) is 5. The summed E-state index contributed by atoms with van der Waals surface area (Å²) in [6.45, 7) is 3.05. The molecule has 0 heterocycles. The molecule has 0 amide bonds. The van der Waals surface area contributed by atoms with Gasteiger partial charge < -0.3 is 25.2 Å². The molecule has 2 aromatic carbocycles. The minimum Gasteiger partial charge on any atom is -0.406 e.